The van der Waals surface area contributed by atoms with Crippen LogP contribution in [0.2, 0.25) is 0 Å². The second-order valence-corrected chi connectivity index (χ2v) is 3.23. The lowest BCUT2D eigenvalue weighted by atomic mass is 10.1. The third-order valence-electron chi connectivity index (χ3n) is 2.05. The third kappa shape index (κ3) is 3.99. The number of nitrogens with one attached hydrogen (secondary N) is 2. The van der Waals surface area contributed by atoms with E-state index in [4.69, 9.17) is 5.73 Å². The number of hydrogen-bond acceptors (Lipinski definition) is 2. The van der Waals surface area contributed by atoms with Crippen LogP contribution in [-0.4, -0.2) is 12.6 Å². The quantitative estimate of drug-likeness (QED) is 0.688. The number of hydrogen-bond donors (Lipinski definition) is 3. The maximum Gasteiger partial charge on any atom is 0.315 e. The van der Waals surface area contributed by atoms with E-state index in [1.165, 1.54) is 0 Å². The van der Waals surface area contributed by atoms with Crippen LogP contribution in [0.15, 0.2) is 24.3 Å². The van der Waals surface area contributed by atoms with Crippen molar-refractivity contribution in [3.63, 3.8) is 0 Å². The highest BCUT2D eigenvalue weighted by Crippen LogP contribution is 2.02. The molecule has 1 aromatic rings. The molecule has 0 saturated carbocycles. The summed E-state index contributed by atoms with van der Waals surface area (Å²) in [6.07, 6.45) is 0. The second-order valence-electron chi connectivity index (χ2n) is 3.23. The van der Waals surface area contributed by atoms with Gasteiger partial charge in [-0.2, -0.15) is 0 Å². The summed E-state index contributed by atoms with van der Waals surface area (Å²) >= 11 is 0. The van der Waals surface area contributed by atoms with Gasteiger partial charge in [-0.15, -0.1) is 0 Å². The van der Waals surface area contributed by atoms with E-state index in [-0.39, 0.29) is 6.03 Å². The minimum Gasteiger partial charge on any atom is -0.338 e. The number of urea groups is 1. The predicted molar refractivity (Wildman–Crippen MR) is 60.2 cm³/mol. The van der Waals surface area contributed by atoms with Gasteiger partial charge < -0.3 is 16.4 Å². The van der Waals surface area contributed by atoms with Crippen molar-refractivity contribution in [3.05, 3.63) is 35.4 Å². The van der Waals surface area contributed by atoms with E-state index in [0.717, 1.165) is 11.1 Å². The molecule has 4 heteroatoms. The van der Waals surface area contributed by atoms with E-state index in [1.54, 1.807) is 0 Å². The Morgan fingerprint density at radius 3 is 2.33 bits per heavy atom. The first kappa shape index (κ1) is 11.5. The molecule has 4 N–H and O–H groups in total. The molecule has 0 aliphatic heterocycles. The highest BCUT2D eigenvalue weighted by atomic mass is 16.2. The van der Waals surface area contributed by atoms with Gasteiger partial charge in [-0.05, 0) is 18.1 Å². The first-order valence-corrected chi connectivity index (χ1v) is 5.06. The van der Waals surface area contributed by atoms with Crippen LogP contribution in [0.5, 0.6) is 0 Å². The predicted octanol–water partition coefficient (Wildman–Crippen LogP) is 0.964. The van der Waals surface area contributed by atoms with Gasteiger partial charge in [0.2, 0.25) is 0 Å². The summed E-state index contributed by atoms with van der Waals surface area (Å²) in [6, 6.07) is 7.73. The summed E-state index contributed by atoms with van der Waals surface area (Å²) in [4.78, 5) is 11.1. The van der Waals surface area contributed by atoms with E-state index >= 15 is 0 Å². The molecule has 0 fully saturated rings. The number of carbonyl (C=O) groups is 1. The van der Waals surface area contributed by atoms with Crippen LogP contribution >= 0.6 is 0 Å². The summed E-state index contributed by atoms with van der Waals surface area (Å²) in [7, 11) is 0. The largest absolute Gasteiger partial charge is 0.338 e. The second kappa shape index (κ2) is 6.03. The molecule has 82 valence electrons. The summed E-state index contributed by atoms with van der Waals surface area (Å²) < 4.78 is 0. The lowest BCUT2D eigenvalue weighted by Gasteiger charge is -2.06. The minimum atomic E-state index is -0.139. The van der Waals surface area contributed by atoms with Crippen molar-refractivity contribution < 1.29 is 4.79 Å². The Kier molecular flexibility index (Phi) is 4.63. The number of nitrogens with two attached hydrogens (primary N) is 1. The number of benzene rings is 1. The molecule has 0 atom stereocenters. The molecule has 15 heavy (non-hydrogen) atoms. The summed E-state index contributed by atoms with van der Waals surface area (Å²) in [6.45, 7) is 3.61. The van der Waals surface area contributed by atoms with Crippen LogP contribution in [0.25, 0.3) is 0 Å². The van der Waals surface area contributed by atoms with Crippen molar-refractivity contribution in [3.8, 4) is 0 Å². The molecule has 0 heterocycles. The average molecular weight is 207 g/mol. The number of carbonyl (C=O) groups excluding carboxylic acids is 1. The lowest BCUT2D eigenvalue weighted by molar-refractivity contribution is 0.241. The Hall–Kier alpha value is -1.55. The van der Waals surface area contributed by atoms with Gasteiger partial charge in [0.25, 0.3) is 0 Å². The lowest BCUT2D eigenvalue weighted by Crippen LogP contribution is -2.34. The SMILES string of the molecule is CCNC(=O)NCc1ccc(CN)cc1. The molecule has 0 aliphatic rings. The Labute approximate surface area is 89.9 Å². The zero-order valence-electron chi connectivity index (χ0n) is 8.92. The van der Waals surface area contributed by atoms with Gasteiger partial charge in [0.05, 0.1) is 0 Å². The molecule has 0 aromatic heterocycles. The molecule has 0 radical (unpaired) electrons. The van der Waals surface area contributed by atoms with E-state index in [2.05, 4.69) is 10.6 Å². The molecule has 2 amide bonds. The highest BCUT2D eigenvalue weighted by Gasteiger charge is 1.97. The molecular formula is C11H17N3O. The van der Waals surface area contributed by atoms with Gasteiger partial charge in [0, 0.05) is 19.6 Å². The smallest absolute Gasteiger partial charge is 0.315 e. The first-order valence-electron chi connectivity index (χ1n) is 5.06. The minimum absolute atomic E-state index is 0.139. The van der Waals surface area contributed by atoms with E-state index in [9.17, 15) is 4.79 Å². The Morgan fingerprint density at radius 1 is 1.20 bits per heavy atom. The Bertz CT molecular complexity index is 308. The van der Waals surface area contributed by atoms with Crippen molar-refractivity contribution in [1.29, 1.82) is 0 Å². The third-order valence-corrected chi connectivity index (χ3v) is 2.05. The van der Waals surface area contributed by atoms with Crippen LogP contribution in [0.1, 0.15) is 18.1 Å². The van der Waals surface area contributed by atoms with Gasteiger partial charge >= 0.3 is 6.03 Å². The monoisotopic (exact) mass is 207 g/mol. The fourth-order valence-electron chi connectivity index (χ4n) is 1.20. The molecular weight excluding hydrogens is 190 g/mol. The molecule has 0 spiro atoms. The number of amides is 2. The molecule has 0 unspecified atom stereocenters. The summed E-state index contributed by atoms with van der Waals surface area (Å²) in [5, 5.41) is 5.42. The molecule has 4 nitrogen and oxygen atoms in total. The Balaban J connectivity index is 2.40. The van der Waals surface area contributed by atoms with Gasteiger partial charge in [-0.1, -0.05) is 24.3 Å². The van der Waals surface area contributed by atoms with Crippen LogP contribution in [0, 0.1) is 0 Å². The number of rotatable bonds is 4. The fraction of sp³-hybridized carbons (Fsp3) is 0.364. The van der Waals surface area contributed by atoms with Gasteiger partial charge in [0.1, 0.15) is 0 Å². The van der Waals surface area contributed by atoms with E-state index < -0.39 is 0 Å². The standard InChI is InChI=1S/C11H17N3O/c1-2-13-11(15)14-8-10-5-3-9(7-12)4-6-10/h3-6H,2,7-8,12H2,1H3,(H2,13,14,15). The Morgan fingerprint density at radius 2 is 1.80 bits per heavy atom. The molecule has 1 aromatic carbocycles. The van der Waals surface area contributed by atoms with Crippen molar-refractivity contribution in [2.45, 2.75) is 20.0 Å². The van der Waals surface area contributed by atoms with Crippen LogP contribution in [0.4, 0.5) is 4.79 Å². The van der Waals surface area contributed by atoms with Crippen LogP contribution in [0.3, 0.4) is 0 Å². The molecule has 0 aliphatic carbocycles. The van der Waals surface area contributed by atoms with Crippen molar-refractivity contribution in [2.24, 2.45) is 5.73 Å². The van der Waals surface area contributed by atoms with Gasteiger partial charge in [-0.3, -0.25) is 0 Å². The first-order chi connectivity index (χ1) is 7.26. The molecule has 0 bridgehead atoms. The van der Waals surface area contributed by atoms with Crippen LogP contribution < -0.4 is 16.4 Å². The zero-order valence-corrected chi connectivity index (χ0v) is 8.92. The van der Waals surface area contributed by atoms with Crippen LogP contribution in [-0.2, 0) is 13.1 Å². The molecule has 1 rings (SSSR count). The average Bonchev–Trinajstić information content (AvgIpc) is 2.27. The summed E-state index contributed by atoms with van der Waals surface area (Å²) in [5.41, 5.74) is 7.64. The maximum absolute atomic E-state index is 11.1. The topological polar surface area (TPSA) is 67.2 Å². The van der Waals surface area contributed by atoms with E-state index in [1.807, 2.05) is 31.2 Å². The van der Waals surface area contributed by atoms with Gasteiger partial charge in [0.15, 0.2) is 0 Å². The normalized spacial score (nSPS) is 9.73. The maximum atomic E-state index is 11.1. The fourth-order valence-corrected chi connectivity index (χ4v) is 1.20. The highest BCUT2D eigenvalue weighted by molar-refractivity contribution is 5.73. The van der Waals surface area contributed by atoms with Crippen molar-refractivity contribution in [1.82, 2.24) is 10.6 Å². The zero-order chi connectivity index (χ0) is 11.1. The van der Waals surface area contributed by atoms with Gasteiger partial charge in [-0.25, -0.2) is 4.79 Å². The molecule has 0 saturated heterocycles. The van der Waals surface area contributed by atoms with Crippen molar-refractivity contribution in [2.75, 3.05) is 6.54 Å². The summed E-state index contributed by atoms with van der Waals surface area (Å²) in [5.74, 6) is 0. The van der Waals surface area contributed by atoms with Crippen molar-refractivity contribution >= 4 is 6.03 Å². The van der Waals surface area contributed by atoms with E-state index in [0.29, 0.717) is 19.6 Å².